The fourth-order valence-electron chi connectivity index (χ4n) is 0.706. The van der Waals surface area contributed by atoms with Gasteiger partial charge in [0.05, 0.1) is 6.26 Å². The van der Waals surface area contributed by atoms with E-state index in [9.17, 15) is 0 Å². The van der Waals surface area contributed by atoms with Crippen molar-refractivity contribution in [2.24, 2.45) is 0 Å². The van der Waals surface area contributed by atoms with Crippen molar-refractivity contribution in [3.63, 3.8) is 0 Å². The normalized spacial score (nSPS) is 10.3. The van der Waals surface area contributed by atoms with E-state index < -0.39 is 0 Å². The van der Waals surface area contributed by atoms with Crippen LogP contribution in [-0.4, -0.2) is 10.1 Å². The molecule has 0 N–H and O–H groups in total. The molecule has 11 heavy (non-hydrogen) atoms. The highest BCUT2D eigenvalue weighted by Gasteiger charge is 2.08. The molecule has 2 rings (SSSR count). The van der Waals surface area contributed by atoms with Crippen LogP contribution in [0.1, 0.15) is 0 Å². The van der Waals surface area contributed by atoms with Crippen LogP contribution in [0.4, 0.5) is 0 Å². The third-order valence-electron chi connectivity index (χ3n) is 1.13. The maximum absolute atomic E-state index is 5.42. The zero-order chi connectivity index (χ0) is 7.68. The van der Waals surface area contributed by atoms with Crippen molar-refractivity contribution in [2.75, 3.05) is 0 Å². The van der Waals surface area contributed by atoms with Crippen LogP contribution in [0.5, 0.6) is 0 Å². The van der Waals surface area contributed by atoms with Gasteiger partial charge in [0.2, 0.25) is 0 Å². The molecule has 2 aromatic heterocycles. The Morgan fingerprint density at radius 3 is 2.91 bits per heavy atom. The molecule has 0 bridgehead atoms. The third kappa shape index (κ3) is 1.12. The van der Waals surface area contributed by atoms with Crippen LogP contribution in [0.15, 0.2) is 27.3 Å². The van der Waals surface area contributed by atoms with Crippen molar-refractivity contribution < 1.29 is 8.94 Å². The second kappa shape index (κ2) is 2.39. The topological polar surface area (TPSA) is 52.1 Å². The quantitative estimate of drug-likeness (QED) is 0.657. The van der Waals surface area contributed by atoms with Crippen molar-refractivity contribution in [2.45, 2.75) is 0 Å². The lowest BCUT2D eigenvalue weighted by Gasteiger charge is -1.80. The minimum Gasteiger partial charge on any atom is -0.459 e. The second-order valence-electron chi connectivity index (χ2n) is 1.85. The van der Waals surface area contributed by atoms with Gasteiger partial charge >= 0.3 is 0 Å². The second-order valence-corrected chi connectivity index (χ2v) is 2.18. The van der Waals surface area contributed by atoms with Crippen molar-refractivity contribution in [3.8, 4) is 11.7 Å². The molecular weight excluding hydrogens is 168 g/mol. The largest absolute Gasteiger partial charge is 0.459 e. The molecule has 56 valence electrons. The molecule has 0 aliphatic rings. The molecule has 0 fully saturated rings. The lowest BCUT2D eigenvalue weighted by molar-refractivity contribution is 0.415. The average Bonchev–Trinajstić information content (AvgIpc) is 2.55. The molecule has 0 saturated carbocycles. The van der Waals surface area contributed by atoms with E-state index in [1.807, 2.05) is 0 Å². The lowest BCUT2D eigenvalue weighted by Crippen LogP contribution is -1.69. The Morgan fingerprint density at radius 1 is 1.45 bits per heavy atom. The van der Waals surface area contributed by atoms with Gasteiger partial charge in [-0.3, -0.25) is 0 Å². The third-order valence-corrected chi connectivity index (χ3v) is 1.29. The van der Waals surface area contributed by atoms with E-state index in [4.69, 9.17) is 20.5 Å². The molecule has 0 amide bonds. The molecule has 5 heteroatoms. The smallest absolute Gasteiger partial charge is 0.294 e. The van der Waals surface area contributed by atoms with E-state index in [0.717, 1.165) is 0 Å². The van der Waals surface area contributed by atoms with Crippen LogP contribution >= 0.6 is 11.6 Å². The fraction of sp³-hybridized carbons (Fsp3) is 0. The summed E-state index contributed by atoms with van der Waals surface area (Å²) in [5.74, 6) is 0.810. The number of furan rings is 1. The first-order valence-electron chi connectivity index (χ1n) is 2.89. The number of aromatic nitrogens is 2. The van der Waals surface area contributed by atoms with Gasteiger partial charge in [-0.15, -0.1) is 0 Å². The molecule has 0 spiro atoms. The molecule has 0 aliphatic carbocycles. The standard InChI is InChI=1S/C6H3ClN2O2/c7-6-8-5(11-9-6)4-2-1-3-10-4/h1-3H. The van der Waals surface area contributed by atoms with E-state index in [1.165, 1.54) is 6.26 Å². The first-order valence-corrected chi connectivity index (χ1v) is 3.27. The summed E-state index contributed by atoms with van der Waals surface area (Å²) in [5.41, 5.74) is 0. The Balaban J connectivity index is 2.45. The van der Waals surface area contributed by atoms with Gasteiger partial charge in [0.1, 0.15) is 0 Å². The number of halogens is 1. The summed E-state index contributed by atoms with van der Waals surface area (Å²) in [5, 5.41) is 3.47. The van der Waals surface area contributed by atoms with Crippen LogP contribution in [0.25, 0.3) is 11.7 Å². The van der Waals surface area contributed by atoms with Gasteiger partial charge in [0.15, 0.2) is 5.76 Å². The minimum absolute atomic E-state index is 0.0800. The first-order chi connectivity index (χ1) is 5.36. The molecule has 0 saturated heterocycles. The van der Waals surface area contributed by atoms with Crippen molar-refractivity contribution in [3.05, 3.63) is 23.7 Å². The summed E-state index contributed by atoms with van der Waals surface area (Å²) < 4.78 is 9.70. The van der Waals surface area contributed by atoms with Gasteiger partial charge in [0.25, 0.3) is 11.2 Å². The summed E-state index contributed by atoms with van der Waals surface area (Å²) >= 11 is 5.42. The minimum atomic E-state index is 0.0800. The van der Waals surface area contributed by atoms with E-state index >= 15 is 0 Å². The van der Waals surface area contributed by atoms with E-state index in [2.05, 4.69) is 10.1 Å². The predicted molar refractivity (Wildman–Crippen MR) is 37.0 cm³/mol. The van der Waals surface area contributed by atoms with Gasteiger partial charge in [0, 0.05) is 0 Å². The number of nitrogens with zero attached hydrogens (tertiary/aromatic N) is 2. The molecular formula is C6H3ClN2O2. The fourth-order valence-corrected chi connectivity index (χ4v) is 0.817. The summed E-state index contributed by atoms with van der Waals surface area (Å²) in [6, 6.07) is 3.44. The van der Waals surface area contributed by atoms with Crippen LogP contribution < -0.4 is 0 Å². The van der Waals surface area contributed by atoms with Gasteiger partial charge in [-0.25, -0.2) is 0 Å². The molecule has 0 aromatic carbocycles. The SMILES string of the molecule is Clc1noc(-c2ccco2)n1. The highest BCUT2D eigenvalue weighted by Crippen LogP contribution is 2.18. The Bertz CT molecular complexity index is 341. The van der Waals surface area contributed by atoms with Crippen molar-refractivity contribution >= 4 is 11.6 Å². The van der Waals surface area contributed by atoms with E-state index in [1.54, 1.807) is 12.1 Å². The van der Waals surface area contributed by atoms with Gasteiger partial charge in [-0.2, -0.15) is 4.98 Å². The highest BCUT2D eigenvalue weighted by atomic mass is 35.5. The Morgan fingerprint density at radius 2 is 2.36 bits per heavy atom. The van der Waals surface area contributed by atoms with Gasteiger partial charge in [-0.05, 0) is 28.9 Å². The zero-order valence-corrected chi connectivity index (χ0v) is 6.08. The molecule has 0 aliphatic heterocycles. The monoisotopic (exact) mass is 170 g/mol. The van der Waals surface area contributed by atoms with Crippen molar-refractivity contribution in [1.29, 1.82) is 0 Å². The summed E-state index contributed by atoms with van der Waals surface area (Å²) in [6.07, 6.45) is 1.52. The van der Waals surface area contributed by atoms with Crippen LogP contribution in [0, 0.1) is 0 Å². The zero-order valence-electron chi connectivity index (χ0n) is 5.32. The van der Waals surface area contributed by atoms with Crippen LogP contribution in [0.3, 0.4) is 0 Å². The maximum atomic E-state index is 5.42. The van der Waals surface area contributed by atoms with Crippen LogP contribution in [-0.2, 0) is 0 Å². The molecule has 2 heterocycles. The van der Waals surface area contributed by atoms with Crippen LogP contribution in [0.2, 0.25) is 5.28 Å². The predicted octanol–water partition coefficient (Wildman–Crippen LogP) is 1.98. The highest BCUT2D eigenvalue weighted by molar-refractivity contribution is 6.28. The van der Waals surface area contributed by atoms with E-state index in [0.29, 0.717) is 11.7 Å². The molecule has 2 aromatic rings. The number of rotatable bonds is 1. The van der Waals surface area contributed by atoms with Gasteiger partial charge in [-0.1, -0.05) is 0 Å². The van der Waals surface area contributed by atoms with E-state index in [-0.39, 0.29) is 5.28 Å². The maximum Gasteiger partial charge on any atom is 0.294 e. The Hall–Kier alpha value is -1.29. The van der Waals surface area contributed by atoms with Crippen molar-refractivity contribution in [1.82, 2.24) is 10.1 Å². The molecule has 0 radical (unpaired) electrons. The Kier molecular flexibility index (Phi) is 1.40. The molecule has 4 nitrogen and oxygen atoms in total. The average molecular weight is 171 g/mol. The number of hydrogen-bond donors (Lipinski definition) is 0. The summed E-state index contributed by atoms with van der Waals surface area (Å²) in [4.78, 5) is 3.75. The molecule has 0 unspecified atom stereocenters. The van der Waals surface area contributed by atoms with Gasteiger partial charge < -0.3 is 8.94 Å². The summed E-state index contributed by atoms with van der Waals surface area (Å²) in [6.45, 7) is 0. The molecule has 0 atom stereocenters. The summed E-state index contributed by atoms with van der Waals surface area (Å²) in [7, 11) is 0. The first kappa shape index (κ1) is 6.42. The lowest BCUT2D eigenvalue weighted by atomic mass is 10.4. The Labute approximate surface area is 66.8 Å². The number of hydrogen-bond acceptors (Lipinski definition) is 4.